The van der Waals surface area contributed by atoms with Crippen molar-refractivity contribution in [1.29, 1.82) is 0 Å². The summed E-state index contributed by atoms with van der Waals surface area (Å²) in [6.45, 7) is 14.0. The van der Waals surface area contributed by atoms with Gasteiger partial charge >= 0.3 is 0 Å². The molecular weight excluding hydrogens is 614 g/mol. The Kier molecular flexibility index (Phi) is 10.8. The largest absolute Gasteiger partial charge is 0.493 e. The van der Waals surface area contributed by atoms with E-state index in [4.69, 9.17) is 20.8 Å². The number of hydrogen-bond donors (Lipinski definition) is 1. The number of anilines is 2. The fourth-order valence-electron chi connectivity index (χ4n) is 5.43. The Morgan fingerprint density at radius 2 is 1.66 bits per heavy atom. The van der Waals surface area contributed by atoms with Gasteiger partial charge in [-0.1, -0.05) is 49.4 Å². The van der Waals surface area contributed by atoms with Crippen LogP contribution < -0.4 is 19.1 Å². The zero-order valence-corrected chi connectivity index (χ0v) is 27.7. The van der Waals surface area contributed by atoms with E-state index < -0.39 is 10.0 Å². The van der Waals surface area contributed by atoms with E-state index in [9.17, 15) is 13.2 Å². The molecule has 0 amide bonds. The summed E-state index contributed by atoms with van der Waals surface area (Å²) in [5.41, 5.74) is 5.33. The number of carbonyl (C=O) groups is 1. The lowest BCUT2D eigenvalue weighted by Gasteiger charge is -2.28. The van der Waals surface area contributed by atoms with E-state index in [0.717, 1.165) is 41.7 Å². The molecule has 0 aliphatic carbocycles. The van der Waals surface area contributed by atoms with E-state index in [0.29, 0.717) is 72.8 Å². The van der Waals surface area contributed by atoms with Crippen LogP contribution in [0.5, 0.6) is 17.2 Å². The van der Waals surface area contributed by atoms with Crippen molar-refractivity contribution in [2.45, 2.75) is 39.8 Å². The summed E-state index contributed by atoms with van der Waals surface area (Å²) in [4.78, 5) is 18.3. The van der Waals surface area contributed by atoms with Crippen LogP contribution in [0.25, 0.3) is 4.85 Å². The van der Waals surface area contributed by atoms with Crippen LogP contribution in [0.4, 0.5) is 17.1 Å². The third kappa shape index (κ3) is 9.35. The fraction of sp³-hybridized carbons (Fsp3) is 0.297. The lowest BCUT2D eigenvalue weighted by Crippen LogP contribution is -2.23. The Balaban J connectivity index is 1.37. The molecule has 1 N–H and O–H groups in total. The van der Waals surface area contributed by atoms with E-state index in [1.54, 1.807) is 36.4 Å². The summed E-state index contributed by atoms with van der Waals surface area (Å²) in [6, 6.07) is 26.1. The lowest BCUT2D eigenvalue weighted by molar-refractivity contribution is 0.0987. The average molecular weight is 654 g/mol. The molecule has 5 rings (SSSR count). The minimum Gasteiger partial charge on any atom is -0.493 e. The van der Waals surface area contributed by atoms with E-state index in [-0.39, 0.29) is 5.78 Å². The second-order valence-electron chi connectivity index (χ2n) is 11.7. The normalized spacial score (nSPS) is 14.3. The van der Waals surface area contributed by atoms with Crippen molar-refractivity contribution in [3.63, 3.8) is 0 Å². The standard InChI is InChI=1S/C37H39N3O6S/c1-5-37(41)30-19-33(45-25-29-17-18-44-24-29)21-34(20-30)46-32-15-11-28(12-16-32)23-40(22-27-9-13-31(38-3)14-10-27)36-8-6-7-35(26(36)2)39-47(4,42)43/h6-16,19-21,29,39H,5,17-18,22-25H2,1-2,4H3. The van der Waals surface area contributed by atoms with Crippen LogP contribution in [0.1, 0.15) is 46.8 Å². The van der Waals surface area contributed by atoms with Gasteiger partial charge in [0.05, 0.1) is 31.7 Å². The molecule has 0 bridgehead atoms. The average Bonchev–Trinajstić information content (AvgIpc) is 3.58. The highest BCUT2D eigenvalue weighted by Gasteiger charge is 2.18. The van der Waals surface area contributed by atoms with E-state index in [2.05, 4.69) is 14.5 Å². The zero-order chi connectivity index (χ0) is 33.4. The fourth-order valence-corrected chi connectivity index (χ4v) is 6.05. The number of sulfonamides is 1. The molecule has 1 aliphatic rings. The van der Waals surface area contributed by atoms with E-state index >= 15 is 0 Å². The van der Waals surface area contributed by atoms with Crippen LogP contribution in [0, 0.1) is 19.4 Å². The molecule has 0 spiro atoms. The number of ether oxygens (including phenoxy) is 3. The number of nitrogens with one attached hydrogen (secondary N) is 1. The monoisotopic (exact) mass is 653 g/mol. The van der Waals surface area contributed by atoms with Crippen LogP contribution in [0.2, 0.25) is 0 Å². The van der Waals surface area contributed by atoms with Crippen LogP contribution in [0.3, 0.4) is 0 Å². The molecule has 0 aromatic heterocycles. The molecule has 47 heavy (non-hydrogen) atoms. The van der Waals surface area contributed by atoms with Gasteiger partial charge in [-0.25, -0.2) is 13.3 Å². The summed E-state index contributed by atoms with van der Waals surface area (Å²) in [5, 5.41) is 0. The van der Waals surface area contributed by atoms with Crippen molar-refractivity contribution >= 4 is 32.9 Å². The number of ketones is 1. The molecule has 0 saturated carbocycles. The molecule has 244 valence electrons. The van der Waals surface area contributed by atoms with Crippen LogP contribution >= 0.6 is 0 Å². The topological polar surface area (TPSA) is 98.5 Å². The number of Topliss-reactive ketones (excluding diaryl/α,β-unsaturated/α-hetero) is 1. The summed E-state index contributed by atoms with van der Waals surface area (Å²) in [5.74, 6) is 2.06. The molecule has 4 aromatic carbocycles. The maximum Gasteiger partial charge on any atom is 0.229 e. The van der Waals surface area contributed by atoms with Gasteiger partial charge in [-0.15, -0.1) is 0 Å². The summed E-state index contributed by atoms with van der Waals surface area (Å²) < 4.78 is 44.4. The van der Waals surface area contributed by atoms with Gasteiger partial charge in [0.25, 0.3) is 0 Å². The quantitative estimate of drug-likeness (QED) is 0.109. The molecule has 9 nitrogen and oxygen atoms in total. The molecule has 1 aliphatic heterocycles. The van der Waals surface area contributed by atoms with Crippen LogP contribution in [-0.2, 0) is 27.8 Å². The second kappa shape index (κ2) is 15.2. The predicted octanol–water partition coefficient (Wildman–Crippen LogP) is 7.92. The Morgan fingerprint density at radius 1 is 0.979 bits per heavy atom. The highest BCUT2D eigenvalue weighted by molar-refractivity contribution is 7.92. The smallest absolute Gasteiger partial charge is 0.229 e. The third-order valence-electron chi connectivity index (χ3n) is 7.95. The number of nitrogens with zero attached hydrogens (tertiary/aromatic N) is 2. The van der Waals surface area contributed by atoms with E-state index in [1.165, 1.54) is 0 Å². The lowest BCUT2D eigenvalue weighted by atomic mass is 10.1. The second-order valence-corrected chi connectivity index (χ2v) is 13.5. The van der Waals surface area contributed by atoms with Gasteiger partial charge < -0.3 is 19.1 Å². The molecule has 4 aromatic rings. The van der Waals surface area contributed by atoms with Gasteiger partial charge in [0, 0.05) is 49.4 Å². The molecule has 1 fully saturated rings. The third-order valence-corrected chi connectivity index (χ3v) is 8.54. The summed E-state index contributed by atoms with van der Waals surface area (Å²) >= 11 is 0. The first-order valence-corrected chi connectivity index (χ1v) is 17.4. The van der Waals surface area contributed by atoms with Crippen molar-refractivity contribution in [2.75, 3.05) is 35.7 Å². The molecule has 1 saturated heterocycles. The van der Waals surface area contributed by atoms with Gasteiger partial charge in [-0.3, -0.25) is 9.52 Å². The zero-order valence-electron chi connectivity index (χ0n) is 26.9. The Labute approximate surface area is 277 Å². The van der Waals surface area contributed by atoms with Crippen molar-refractivity contribution in [3.8, 4) is 17.2 Å². The van der Waals surface area contributed by atoms with Gasteiger partial charge in [-0.05, 0) is 66.4 Å². The van der Waals surface area contributed by atoms with Crippen LogP contribution in [0.15, 0.2) is 84.9 Å². The van der Waals surface area contributed by atoms with Gasteiger partial charge in [0.2, 0.25) is 10.0 Å². The number of carbonyl (C=O) groups excluding carboxylic acids is 1. The molecular formula is C37H39N3O6S. The molecule has 1 atom stereocenters. The van der Waals surface area contributed by atoms with Gasteiger partial charge in [0.15, 0.2) is 11.5 Å². The minimum absolute atomic E-state index is 0.00904. The predicted molar refractivity (Wildman–Crippen MR) is 184 cm³/mol. The molecule has 1 heterocycles. The van der Waals surface area contributed by atoms with Gasteiger partial charge in [-0.2, -0.15) is 0 Å². The van der Waals surface area contributed by atoms with Crippen molar-refractivity contribution in [1.82, 2.24) is 0 Å². The molecule has 1 unspecified atom stereocenters. The molecule has 0 radical (unpaired) electrons. The Morgan fingerprint density at radius 3 is 2.28 bits per heavy atom. The first kappa shape index (κ1) is 33.5. The molecule has 10 heteroatoms. The SMILES string of the molecule is [C-]#[N+]c1ccc(CN(Cc2ccc(Oc3cc(OCC4CCOC4)cc(C(=O)CC)c3)cc2)c2cccc(NS(C)(=O)=O)c2C)cc1. The summed E-state index contributed by atoms with van der Waals surface area (Å²) in [6.07, 6.45) is 2.47. The number of hydrogen-bond acceptors (Lipinski definition) is 7. The minimum atomic E-state index is -3.46. The van der Waals surface area contributed by atoms with Crippen molar-refractivity contribution in [3.05, 3.63) is 119 Å². The van der Waals surface area contributed by atoms with Crippen LogP contribution in [-0.4, -0.2) is 40.3 Å². The van der Waals surface area contributed by atoms with Gasteiger partial charge in [0.1, 0.15) is 17.2 Å². The number of benzene rings is 4. The van der Waals surface area contributed by atoms with Crippen molar-refractivity contribution in [2.24, 2.45) is 5.92 Å². The van der Waals surface area contributed by atoms with E-state index in [1.807, 2.05) is 62.4 Å². The van der Waals surface area contributed by atoms with Crippen molar-refractivity contribution < 1.29 is 27.4 Å². The Hall–Kier alpha value is -4.85. The highest BCUT2D eigenvalue weighted by atomic mass is 32.2. The summed E-state index contributed by atoms with van der Waals surface area (Å²) in [7, 11) is -3.46. The first-order valence-electron chi connectivity index (χ1n) is 15.5. The Bertz CT molecular complexity index is 1840. The maximum atomic E-state index is 12.6. The maximum absolute atomic E-state index is 12.6. The number of rotatable bonds is 14. The first-order chi connectivity index (χ1) is 22.6. The highest BCUT2D eigenvalue weighted by Crippen LogP contribution is 2.32.